The van der Waals surface area contributed by atoms with Crippen LogP contribution in [0.25, 0.3) is 0 Å². The van der Waals surface area contributed by atoms with E-state index in [1.807, 2.05) is 0 Å². The second-order valence-electron chi connectivity index (χ2n) is 20.1. The van der Waals surface area contributed by atoms with Gasteiger partial charge in [0.2, 0.25) is 5.91 Å². The Morgan fingerprint density at radius 3 is 1.26 bits per heavy atom. The van der Waals surface area contributed by atoms with Crippen LogP contribution in [0.2, 0.25) is 0 Å². The predicted molar refractivity (Wildman–Crippen MR) is 305 cm³/mol. The van der Waals surface area contributed by atoms with Crippen LogP contribution in [-0.4, -0.2) is 46.9 Å². The number of unbranched alkanes of at least 4 members (excludes halogenated alkanes) is 30. The molecular weight excluding hydrogens is 863 g/mol. The Labute approximate surface area is 433 Å². The van der Waals surface area contributed by atoms with Crippen LogP contribution in [0.3, 0.4) is 0 Å². The van der Waals surface area contributed by atoms with E-state index in [1.165, 1.54) is 128 Å². The molecule has 0 spiro atoms. The zero-order valence-electron chi connectivity index (χ0n) is 46.1. The smallest absolute Gasteiger partial charge is 0.306 e. The van der Waals surface area contributed by atoms with Crippen LogP contribution in [0.1, 0.15) is 284 Å². The summed E-state index contributed by atoms with van der Waals surface area (Å²) in [7, 11) is 0. The average Bonchev–Trinajstić information content (AvgIpc) is 3.35. The van der Waals surface area contributed by atoms with Crippen molar-refractivity contribution in [1.29, 1.82) is 0 Å². The van der Waals surface area contributed by atoms with Crippen LogP contribution in [0.15, 0.2) is 85.1 Å². The third-order valence-corrected chi connectivity index (χ3v) is 13.3. The largest absolute Gasteiger partial charge is 0.462 e. The van der Waals surface area contributed by atoms with Gasteiger partial charge >= 0.3 is 5.97 Å². The van der Waals surface area contributed by atoms with Crippen molar-refractivity contribution in [3.05, 3.63) is 85.1 Å². The number of hydrogen-bond acceptors (Lipinski definition) is 5. The summed E-state index contributed by atoms with van der Waals surface area (Å²) in [5.41, 5.74) is 0. The van der Waals surface area contributed by atoms with Crippen molar-refractivity contribution in [2.75, 3.05) is 6.61 Å². The lowest BCUT2D eigenvalue weighted by atomic mass is 10.0. The molecule has 6 nitrogen and oxygen atoms in total. The Kier molecular flexibility index (Phi) is 54.5. The van der Waals surface area contributed by atoms with E-state index in [1.54, 1.807) is 0 Å². The van der Waals surface area contributed by atoms with Crippen molar-refractivity contribution >= 4 is 11.9 Å². The van der Waals surface area contributed by atoms with Crippen molar-refractivity contribution in [2.24, 2.45) is 0 Å². The van der Waals surface area contributed by atoms with Crippen molar-refractivity contribution in [3.8, 4) is 0 Å². The maximum absolute atomic E-state index is 13.3. The van der Waals surface area contributed by atoms with Crippen LogP contribution >= 0.6 is 0 Å². The molecule has 0 radical (unpaired) electrons. The van der Waals surface area contributed by atoms with E-state index in [2.05, 4.69) is 111 Å². The molecule has 0 rings (SSSR count). The van der Waals surface area contributed by atoms with Crippen LogP contribution in [0.5, 0.6) is 0 Å². The zero-order chi connectivity index (χ0) is 50.9. The Bertz CT molecular complexity index is 1330. The van der Waals surface area contributed by atoms with Gasteiger partial charge in [0.15, 0.2) is 0 Å². The summed E-state index contributed by atoms with van der Waals surface area (Å²) < 4.78 is 5.95. The first-order valence-electron chi connectivity index (χ1n) is 29.9. The molecule has 0 aromatic rings. The van der Waals surface area contributed by atoms with Crippen molar-refractivity contribution < 1.29 is 24.5 Å². The minimum atomic E-state index is -0.804. The van der Waals surface area contributed by atoms with Crippen LogP contribution in [0.4, 0.5) is 0 Å². The minimum absolute atomic E-state index is 0.0497. The number of aliphatic hydroxyl groups is 2. The second-order valence-corrected chi connectivity index (χ2v) is 20.1. The third-order valence-electron chi connectivity index (χ3n) is 13.3. The fourth-order valence-electron chi connectivity index (χ4n) is 8.74. The second kappa shape index (κ2) is 56.9. The Morgan fingerprint density at radius 1 is 0.429 bits per heavy atom. The molecule has 0 saturated carbocycles. The maximum atomic E-state index is 13.3. The van der Waals surface area contributed by atoms with Crippen LogP contribution in [0, 0.1) is 0 Å². The lowest BCUT2D eigenvalue weighted by Gasteiger charge is -2.24. The van der Waals surface area contributed by atoms with Gasteiger partial charge in [-0.25, -0.2) is 0 Å². The van der Waals surface area contributed by atoms with Crippen molar-refractivity contribution in [1.82, 2.24) is 5.32 Å². The standard InChI is InChI=1S/C64H113NO5/c1-4-7-10-13-16-19-22-25-28-31-33-36-39-42-45-48-51-54-57-64(69)70-60(55-52-49-46-43-40-37-34-32-29-26-23-20-17-14-11-8-5-2)58-63(68)65-61(59-66)62(67)56-53-50-47-44-41-38-35-30-27-24-21-18-15-12-9-6-3/h16-17,19-20,22,25-26,28-29,31,33-34,36-37,60-62,66-67H,4-15,18,21,23-24,27,30,32,35,38-59H2,1-3H3,(H,65,68)/b19-16+,20-17-,25-22+,29-26-,31-28+,36-33+,37-34-. The highest BCUT2D eigenvalue weighted by atomic mass is 16.5. The predicted octanol–water partition coefficient (Wildman–Crippen LogP) is 18.7. The minimum Gasteiger partial charge on any atom is -0.462 e. The number of aliphatic hydroxyl groups excluding tert-OH is 2. The fourth-order valence-corrected chi connectivity index (χ4v) is 8.74. The van der Waals surface area contributed by atoms with E-state index in [0.29, 0.717) is 19.3 Å². The lowest BCUT2D eigenvalue weighted by Crippen LogP contribution is -2.46. The summed E-state index contributed by atoms with van der Waals surface area (Å²) in [6, 6.07) is -0.720. The number of hydrogen-bond donors (Lipinski definition) is 3. The number of ether oxygens (including phenoxy) is 1. The molecule has 0 aliphatic heterocycles. The van der Waals surface area contributed by atoms with Gasteiger partial charge in [-0.05, 0) is 89.9 Å². The molecule has 0 aromatic heterocycles. The summed E-state index contributed by atoms with van der Waals surface area (Å²) in [4.78, 5) is 26.3. The number of carbonyl (C=O) groups excluding carboxylic acids is 2. The van der Waals surface area contributed by atoms with Gasteiger partial charge in [0.25, 0.3) is 0 Å². The summed E-state index contributed by atoms with van der Waals surface area (Å²) in [5, 5.41) is 23.9. The first-order chi connectivity index (χ1) is 34.5. The molecule has 0 aliphatic carbocycles. The van der Waals surface area contributed by atoms with Gasteiger partial charge in [-0.3, -0.25) is 9.59 Å². The van der Waals surface area contributed by atoms with Crippen LogP contribution in [-0.2, 0) is 14.3 Å². The molecule has 0 aromatic carbocycles. The highest BCUT2D eigenvalue weighted by molar-refractivity contribution is 5.77. The molecule has 0 fully saturated rings. The highest BCUT2D eigenvalue weighted by Gasteiger charge is 2.24. The van der Waals surface area contributed by atoms with Gasteiger partial charge < -0.3 is 20.3 Å². The molecule has 404 valence electrons. The summed E-state index contributed by atoms with van der Waals surface area (Å²) in [6.45, 7) is 6.43. The van der Waals surface area contributed by atoms with Gasteiger partial charge in [-0.15, -0.1) is 0 Å². The Hall–Kier alpha value is -2.96. The molecule has 0 saturated heterocycles. The first-order valence-corrected chi connectivity index (χ1v) is 29.9. The molecule has 3 unspecified atom stereocenters. The summed E-state index contributed by atoms with van der Waals surface area (Å²) in [6.07, 6.45) is 74.9. The molecule has 1 amide bonds. The topological polar surface area (TPSA) is 95.9 Å². The number of allylic oxidation sites excluding steroid dienone is 14. The first kappa shape index (κ1) is 67.0. The number of carbonyl (C=O) groups is 2. The summed E-state index contributed by atoms with van der Waals surface area (Å²) >= 11 is 0. The molecule has 3 N–H and O–H groups in total. The van der Waals surface area contributed by atoms with Crippen molar-refractivity contribution in [2.45, 2.75) is 302 Å². The molecular formula is C64H113NO5. The Balaban J connectivity index is 4.66. The number of nitrogens with one attached hydrogen (secondary N) is 1. The van der Waals surface area contributed by atoms with Gasteiger partial charge in [-0.2, -0.15) is 0 Å². The number of rotatable bonds is 53. The number of amides is 1. The van der Waals surface area contributed by atoms with E-state index < -0.39 is 18.2 Å². The normalized spacial score (nSPS) is 13.7. The quantitative estimate of drug-likeness (QED) is 0.0244. The molecule has 0 bridgehead atoms. The summed E-state index contributed by atoms with van der Waals surface area (Å²) in [5.74, 6) is -0.519. The van der Waals surface area contributed by atoms with Crippen LogP contribution < -0.4 is 5.32 Å². The highest BCUT2D eigenvalue weighted by Crippen LogP contribution is 2.18. The lowest BCUT2D eigenvalue weighted by molar-refractivity contribution is -0.151. The zero-order valence-corrected chi connectivity index (χ0v) is 46.1. The molecule has 0 heterocycles. The SMILES string of the molecule is CCCCC/C=C\C/C=C\C/C=C\CCCCCCC(CC(=O)NC(CO)C(O)CCCCCCCCCCCCCCCCCC)OC(=O)CCCCCCC/C=C/C=C/C=C/C=C/CCCCC. The van der Waals surface area contributed by atoms with E-state index in [0.717, 1.165) is 109 Å². The van der Waals surface area contributed by atoms with Gasteiger partial charge in [0.1, 0.15) is 6.10 Å². The molecule has 3 atom stereocenters. The van der Waals surface area contributed by atoms with Gasteiger partial charge in [0, 0.05) is 6.42 Å². The average molecular weight is 977 g/mol. The molecule has 6 heteroatoms. The fraction of sp³-hybridized carbons (Fsp3) is 0.750. The van der Waals surface area contributed by atoms with E-state index in [-0.39, 0.29) is 24.9 Å². The molecule has 0 aliphatic rings. The van der Waals surface area contributed by atoms with E-state index >= 15 is 0 Å². The maximum Gasteiger partial charge on any atom is 0.306 e. The van der Waals surface area contributed by atoms with Gasteiger partial charge in [0.05, 0.1) is 25.2 Å². The van der Waals surface area contributed by atoms with Crippen molar-refractivity contribution in [3.63, 3.8) is 0 Å². The monoisotopic (exact) mass is 976 g/mol. The van der Waals surface area contributed by atoms with E-state index in [9.17, 15) is 19.8 Å². The Morgan fingerprint density at radius 2 is 0.786 bits per heavy atom. The number of esters is 1. The third kappa shape index (κ3) is 51.4. The molecule has 70 heavy (non-hydrogen) atoms. The van der Waals surface area contributed by atoms with E-state index in [4.69, 9.17) is 4.74 Å². The van der Waals surface area contributed by atoms with Gasteiger partial charge in [-0.1, -0.05) is 266 Å².